The summed E-state index contributed by atoms with van der Waals surface area (Å²) in [6.07, 6.45) is 3.87. The second-order valence-corrected chi connectivity index (χ2v) is 24.0. The average Bonchev–Trinajstić information content (AvgIpc) is 3.28. The summed E-state index contributed by atoms with van der Waals surface area (Å²) >= 11 is 7.80. The van der Waals surface area contributed by atoms with Gasteiger partial charge in [0.25, 0.3) is 15.9 Å². The molecule has 1 amide bonds. The van der Waals surface area contributed by atoms with Crippen molar-refractivity contribution >= 4 is 66.1 Å². The lowest BCUT2D eigenvalue weighted by molar-refractivity contribution is 0.0370. The molecule has 1 atom stereocenters. The molecule has 4 aromatic rings. The minimum Gasteiger partial charge on any atom is -0.380 e. The van der Waals surface area contributed by atoms with E-state index in [2.05, 4.69) is 50.7 Å². The maximum absolute atomic E-state index is 15.5. The highest BCUT2D eigenvalue weighted by atomic mass is 35.5. The number of hydrogen-bond donors (Lipinski definition) is 2. The first-order valence-corrected chi connectivity index (χ1v) is 26.6. The van der Waals surface area contributed by atoms with E-state index < -0.39 is 40.6 Å². The standard InChI is InChI=1S/C49H61ClFN5O6S3/c1-48(2)22-20-44(36-10-14-39(50)15-11-36)38(33-48)34-55-24-26-56(27-25-55)41-16-12-37(13-17-41)47(57)53-65(60,61)43-18-19-45(46(32-43)64(58,59)49(3,4)51)52-40(21-23-54-28-30-62-31-29-54)35-63-42-8-6-5-7-9-42/h5-19,32,40,52H,20-31,33-35H2,1-4H3,(H,53,57)/t40-/m1/s1. The molecule has 11 nitrogen and oxygen atoms in total. The van der Waals surface area contributed by atoms with Crippen molar-refractivity contribution in [3.63, 3.8) is 0 Å². The molecule has 2 saturated heterocycles. The normalized spacial score (nSPS) is 18.3. The summed E-state index contributed by atoms with van der Waals surface area (Å²) in [5.41, 5.74) is 5.51. The number of rotatable bonds is 17. The van der Waals surface area contributed by atoms with Gasteiger partial charge in [0.15, 0.2) is 0 Å². The minimum absolute atomic E-state index is 0.0794. The number of sulfone groups is 1. The summed E-state index contributed by atoms with van der Waals surface area (Å²) in [4.78, 5) is 20.5. The number of amides is 1. The molecule has 0 bridgehead atoms. The first-order chi connectivity index (χ1) is 30.9. The number of anilines is 2. The summed E-state index contributed by atoms with van der Waals surface area (Å²) in [5, 5.41) is 1.32. The van der Waals surface area contributed by atoms with Gasteiger partial charge in [-0.15, -0.1) is 11.8 Å². The van der Waals surface area contributed by atoms with E-state index in [1.165, 1.54) is 28.8 Å². The Bertz CT molecular complexity index is 2520. The number of carbonyl (C=O) groups is 1. The highest BCUT2D eigenvalue weighted by Crippen LogP contribution is 2.43. The maximum atomic E-state index is 15.5. The van der Waals surface area contributed by atoms with Gasteiger partial charge in [0.2, 0.25) is 14.8 Å². The molecule has 3 aliphatic rings. The van der Waals surface area contributed by atoms with Crippen molar-refractivity contribution in [1.82, 2.24) is 14.5 Å². The van der Waals surface area contributed by atoms with E-state index in [1.54, 1.807) is 23.9 Å². The van der Waals surface area contributed by atoms with Gasteiger partial charge in [-0.25, -0.2) is 25.9 Å². The molecule has 0 unspecified atom stereocenters. The number of sulfonamides is 1. The zero-order valence-electron chi connectivity index (χ0n) is 37.7. The Kier molecular flexibility index (Phi) is 15.8. The lowest BCUT2D eigenvalue weighted by atomic mass is 9.73. The van der Waals surface area contributed by atoms with Gasteiger partial charge in [0, 0.05) is 85.3 Å². The third-order valence-electron chi connectivity index (χ3n) is 12.5. The summed E-state index contributed by atoms with van der Waals surface area (Å²) in [7, 11) is -9.31. The van der Waals surface area contributed by atoms with Crippen LogP contribution in [0, 0.1) is 5.41 Å². The third-order valence-corrected chi connectivity index (χ3v) is 17.5. The number of ether oxygens (including phenoxy) is 1. The van der Waals surface area contributed by atoms with Crippen LogP contribution >= 0.6 is 23.4 Å². The van der Waals surface area contributed by atoms with Gasteiger partial charge in [-0.05, 0) is 123 Å². The number of morpholine rings is 1. The molecule has 0 saturated carbocycles. The topological polar surface area (TPSA) is 128 Å². The Morgan fingerprint density at radius 2 is 1.55 bits per heavy atom. The smallest absolute Gasteiger partial charge is 0.264 e. The van der Waals surface area contributed by atoms with Gasteiger partial charge < -0.3 is 15.0 Å². The van der Waals surface area contributed by atoms with Gasteiger partial charge >= 0.3 is 0 Å². The summed E-state index contributed by atoms with van der Waals surface area (Å²) in [6.45, 7) is 14.3. The number of allylic oxidation sites excluding steroid dienone is 1. The fourth-order valence-corrected chi connectivity index (χ4v) is 12.0. The van der Waals surface area contributed by atoms with Crippen molar-refractivity contribution in [1.29, 1.82) is 0 Å². The third kappa shape index (κ3) is 12.7. The molecule has 0 radical (unpaired) electrons. The van der Waals surface area contributed by atoms with E-state index >= 15 is 4.39 Å². The van der Waals surface area contributed by atoms with Crippen molar-refractivity contribution in [3.8, 4) is 0 Å². The van der Waals surface area contributed by atoms with E-state index in [0.29, 0.717) is 31.9 Å². The van der Waals surface area contributed by atoms with Crippen LogP contribution in [0.4, 0.5) is 15.8 Å². The minimum atomic E-state index is -4.72. The fraction of sp³-hybridized carbons (Fsp3) is 0.449. The van der Waals surface area contributed by atoms with Gasteiger partial charge in [-0.3, -0.25) is 14.6 Å². The van der Waals surface area contributed by atoms with Crippen molar-refractivity contribution < 1.29 is 30.8 Å². The molecule has 1 aliphatic carbocycles. The van der Waals surface area contributed by atoms with Crippen LogP contribution in [0.2, 0.25) is 5.02 Å². The number of alkyl halides is 1. The van der Waals surface area contributed by atoms with Gasteiger partial charge in [-0.2, -0.15) is 0 Å². The number of halogens is 2. The maximum Gasteiger partial charge on any atom is 0.264 e. The van der Waals surface area contributed by atoms with Crippen molar-refractivity contribution in [2.45, 2.75) is 79.1 Å². The lowest BCUT2D eigenvalue weighted by Crippen LogP contribution is -2.47. The van der Waals surface area contributed by atoms with Gasteiger partial charge in [0.05, 0.1) is 28.7 Å². The van der Waals surface area contributed by atoms with Crippen molar-refractivity contribution in [3.05, 3.63) is 119 Å². The number of piperazine rings is 1. The molecular weight excluding hydrogens is 905 g/mol. The monoisotopic (exact) mass is 965 g/mol. The van der Waals surface area contributed by atoms with Crippen LogP contribution < -0.4 is 14.9 Å². The number of nitrogens with zero attached hydrogens (tertiary/aromatic N) is 3. The predicted molar refractivity (Wildman–Crippen MR) is 261 cm³/mol. The number of hydrogen-bond acceptors (Lipinski definition) is 11. The van der Waals surface area contributed by atoms with Crippen LogP contribution in [0.1, 0.15) is 69.3 Å². The number of benzene rings is 4. The second kappa shape index (κ2) is 20.9. The summed E-state index contributed by atoms with van der Waals surface area (Å²) < 4.78 is 78.3. The largest absolute Gasteiger partial charge is 0.380 e. The molecule has 16 heteroatoms. The zero-order chi connectivity index (χ0) is 46.4. The Balaban J connectivity index is 1.02. The van der Waals surface area contributed by atoms with Gasteiger partial charge in [0.1, 0.15) is 0 Å². The van der Waals surface area contributed by atoms with Crippen LogP contribution in [0.3, 0.4) is 0 Å². The van der Waals surface area contributed by atoms with Crippen molar-refractivity contribution in [2.75, 3.05) is 81.5 Å². The van der Waals surface area contributed by atoms with Crippen LogP contribution in [0.25, 0.3) is 5.57 Å². The molecule has 4 aromatic carbocycles. The quantitative estimate of drug-likeness (QED) is 0.0985. The van der Waals surface area contributed by atoms with Crippen LogP contribution in [0.15, 0.2) is 117 Å². The SMILES string of the molecule is CC1(C)CCC(c2ccc(Cl)cc2)=C(CN2CCN(c3ccc(C(=O)NS(=O)(=O)c4ccc(N[C@H](CCN5CCOCC5)CSc5ccccc5)c(S(=O)(=O)C(C)(C)F)c4)cc3)CC2)C1. The Morgan fingerprint density at radius 3 is 2.22 bits per heavy atom. The molecule has 2 fully saturated rings. The Labute approximate surface area is 394 Å². The molecule has 2 aliphatic heterocycles. The summed E-state index contributed by atoms with van der Waals surface area (Å²) in [6, 6.07) is 28.0. The number of nitrogens with one attached hydrogen (secondary N) is 2. The molecule has 7 rings (SSSR count). The molecule has 2 heterocycles. The average molecular weight is 967 g/mol. The first-order valence-electron chi connectivity index (χ1n) is 22.3. The Morgan fingerprint density at radius 1 is 0.877 bits per heavy atom. The lowest BCUT2D eigenvalue weighted by Gasteiger charge is -2.39. The Hall–Kier alpha value is -3.96. The molecular formula is C49H61ClFN5O6S3. The second-order valence-electron chi connectivity index (χ2n) is 18.4. The predicted octanol–water partition coefficient (Wildman–Crippen LogP) is 9.02. The van der Waals surface area contributed by atoms with Crippen LogP contribution in [-0.2, 0) is 24.6 Å². The molecule has 350 valence electrons. The molecule has 0 aromatic heterocycles. The molecule has 2 N–H and O–H groups in total. The van der Waals surface area contributed by atoms with Gasteiger partial charge in [-0.1, -0.05) is 61.4 Å². The number of carbonyl (C=O) groups excluding carboxylic acids is 1. The van der Waals surface area contributed by atoms with E-state index in [-0.39, 0.29) is 22.7 Å². The van der Waals surface area contributed by atoms with Crippen LogP contribution in [-0.4, -0.2) is 115 Å². The first kappa shape index (κ1) is 49.0. The molecule has 0 spiro atoms. The fourth-order valence-electron chi connectivity index (χ4n) is 8.63. The zero-order valence-corrected chi connectivity index (χ0v) is 40.9. The van der Waals surface area contributed by atoms with Crippen LogP contribution in [0.5, 0.6) is 0 Å². The summed E-state index contributed by atoms with van der Waals surface area (Å²) in [5.74, 6) is -0.318. The van der Waals surface area contributed by atoms with Crippen molar-refractivity contribution in [2.24, 2.45) is 5.41 Å². The highest BCUT2D eigenvalue weighted by Gasteiger charge is 2.39. The van der Waals surface area contributed by atoms with E-state index in [1.807, 2.05) is 54.6 Å². The van der Waals surface area contributed by atoms with E-state index in [9.17, 15) is 21.6 Å². The highest BCUT2D eigenvalue weighted by molar-refractivity contribution is 7.99. The number of thioether (sulfide) groups is 1. The van der Waals surface area contributed by atoms with E-state index in [4.69, 9.17) is 16.3 Å². The molecule has 65 heavy (non-hydrogen) atoms. The van der Waals surface area contributed by atoms with E-state index in [0.717, 1.165) is 101 Å².